The topological polar surface area (TPSA) is 41.0 Å². The van der Waals surface area contributed by atoms with Crippen LogP contribution in [0.25, 0.3) is 0 Å². The number of anilines is 2. The first-order chi connectivity index (χ1) is 9.65. The lowest BCUT2D eigenvalue weighted by atomic mass is 10.3. The molecule has 0 spiro atoms. The van der Waals surface area contributed by atoms with E-state index in [2.05, 4.69) is 49.6 Å². The molecule has 0 amide bonds. The van der Waals surface area contributed by atoms with Crippen LogP contribution in [-0.2, 0) is 6.54 Å². The van der Waals surface area contributed by atoms with Crippen LogP contribution in [0.5, 0.6) is 0 Å². The van der Waals surface area contributed by atoms with Gasteiger partial charge in [-0.05, 0) is 34.8 Å². The molecule has 1 saturated carbocycles. The number of nitrogens with one attached hydrogen (secondary N) is 1. The maximum absolute atomic E-state index is 4.71. The Morgan fingerprint density at radius 3 is 2.80 bits per heavy atom. The molecule has 20 heavy (non-hydrogen) atoms. The van der Waals surface area contributed by atoms with Crippen LogP contribution < -0.4 is 10.2 Å². The summed E-state index contributed by atoms with van der Waals surface area (Å²) in [5.74, 6) is 3.42. The molecule has 0 atom stereocenters. The summed E-state index contributed by atoms with van der Waals surface area (Å²) in [4.78, 5) is 12.8. The van der Waals surface area contributed by atoms with Crippen LogP contribution in [0, 0.1) is 0 Å². The molecule has 0 saturated heterocycles. The second-order valence-corrected chi connectivity index (χ2v) is 6.99. The summed E-state index contributed by atoms with van der Waals surface area (Å²) in [6, 6.07) is 4.16. The summed E-state index contributed by atoms with van der Waals surface area (Å²) in [6.07, 6.45) is 2.43. The van der Waals surface area contributed by atoms with Crippen molar-refractivity contribution in [1.82, 2.24) is 9.97 Å². The molecule has 0 bridgehead atoms. The van der Waals surface area contributed by atoms with Gasteiger partial charge < -0.3 is 10.2 Å². The Bertz CT molecular complexity index is 609. The predicted octanol–water partition coefficient (Wildman–Crippen LogP) is 3.86. The van der Waals surface area contributed by atoms with Crippen LogP contribution in [-0.4, -0.2) is 24.1 Å². The molecular formula is C14H17BrN4S. The largest absolute Gasteiger partial charge is 0.373 e. The fourth-order valence-electron chi connectivity index (χ4n) is 2.05. The predicted molar refractivity (Wildman–Crippen MR) is 87.7 cm³/mol. The van der Waals surface area contributed by atoms with Crippen LogP contribution in [0.15, 0.2) is 22.0 Å². The zero-order chi connectivity index (χ0) is 14.1. The minimum Gasteiger partial charge on any atom is -0.373 e. The van der Waals surface area contributed by atoms with Crippen LogP contribution in [0.1, 0.15) is 29.5 Å². The second kappa shape index (κ2) is 5.69. The molecule has 2 heterocycles. The van der Waals surface area contributed by atoms with Gasteiger partial charge in [-0.2, -0.15) is 0 Å². The van der Waals surface area contributed by atoms with Gasteiger partial charge in [-0.1, -0.05) is 0 Å². The Labute approximate surface area is 131 Å². The third-order valence-corrected chi connectivity index (χ3v) is 5.02. The zero-order valence-electron chi connectivity index (χ0n) is 11.6. The molecule has 106 valence electrons. The van der Waals surface area contributed by atoms with Gasteiger partial charge in [-0.25, -0.2) is 9.97 Å². The summed E-state index contributed by atoms with van der Waals surface area (Å²) in [6.45, 7) is 0.862. The van der Waals surface area contributed by atoms with Gasteiger partial charge in [0.2, 0.25) is 0 Å². The van der Waals surface area contributed by atoms with E-state index in [0.29, 0.717) is 5.92 Å². The first kappa shape index (κ1) is 13.8. The van der Waals surface area contributed by atoms with Gasteiger partial charge in [-0.3, -0.25) is 0 Å². The van der Waals surface area contributed by atoms with Crippen molar-refractivity contribution in [1.29, 1.82) is 0 Å². The Morgan fingerprint density at radius 1 is 1.40 bits per heavy atom. The minimum absolute atomic E-state index is 0.561. The monoisotopic (exact) mass is 352 g/mol. The summed E-state index contributed by atoms with van der Waals surface area (Å²) in [5.41, 5.74) is 0. The average molecular weight is 353 g/mol. The summed E-state index contributed by atoms with van der Waals surface area (Å²) >= 11 is 5.25. The van der Waals surface area contributed by atoms with Crippen LogP contribution in [0.3, 0.4) is 0 Å². The second-order valence-electron chi connectivity index (χ2n) is 5.08. The SMILES string of the molecule is CNc1cc(N(C)Cc2cc(Br)cs2)nc(C2CC2)n1. The van der Waals surface area contributed by atoms with E-state index in [1.165, 1.54) is 17.7 Å². The third-order valence-electron chi connectivity index (χ3n) is 3.33. The van der Waals surface area contributed by atoms with Gasteiger partial charge in [0.1, 0.15) is 17.5 Å². The van der Waals surface area contributed by atoms with Crippen molar-refractivity contribution in [2.24, 2.45) is 0 Å². The molecule has 2 aromatic heterocycles. The van der Waals surface area contributed by atoms with Crippen molar-refractivity contribution in [2.45, 2.75) is 25.3 Å². The van der Waals surface area contributed by atoms with E-state index in [9.17, 15) is 0 Å². The van der Waals surface area contributed by atoms with Crippen molar-refractivity contribution in [2.75, 3.05) is 24.3 Å². The van der Waals surface area contributed by atoms with E-state index < -0.39 is 0 Å². The first-order valence-corrected chi connectivity index (χ1v) is 8.34. The molecule has 0 unspecified atom stereocenters. The minimum atomic E-state index is 0.561. The number of nitrogens with zero attached hydrogens (tertiary/aromatic N) is 3. The van der Waals surface area contributed by atoms with Crippen molar-refractivity contribution >= 4 is 38.9 Å². The zero-order valence-corrected chi connectivity index (χ0v) is 14.0. The highest BCUT2D eigenvalue weighted by atomic mass is 79.9. The van der Waals surface area contributed by atoms with Crippen molar-refractivity contribution in [3.8, 4) is 0 Å². The van der Waals surface area contributed by atoms with Gasteiger partial charge in [0.15, 0.2) is 0 Å². The van der Waals surface area contributed by atoms with Crippen molar-refractivity contribution < 1.29 is 0 Å². The summed E-state index contributed by atoms with van der Waals surface area (Å²) in [5, 5.41) is 5.24. The standard InChI is InChI=1S/C14H17BrN4S/c1-16-12-6-13(18-14(17-12)9-3-4-9)19(2)7-11-5-10(15)8-20-11/h5-6,8-9H,3-4,7H2,1-2H3,(H,16,17,18). The number of hydrogen-bond acceptors (Lipinski definition) is 5. The summed E-state index contributed by atoms with van der Waals surface area (Å²) in [7, 11) is 3.98. The highest BCUT2D eigenvalue weighted by Gasteiger charge is 2.27. The van der Waals surface area contributed by atoms with E-state index in [0.717, 1.165) is 28.5 Å². The number of aromatic nitrogens is 2. The lowest BCUT2D eigenvalue weighted by molar-refractivity contribution is 0.862. The quantitative estimate of drug-likeness (QED) is 0.886. The van der Waals surface area contributed by atoms with Crippen molar-refractivity contribution in [3.63, 3.8) is 0 Å². The molecule has 4 nitrogen and oxygen atoms in total. The highest BCUT2D eigenvalue weighted by Crippen LogP contribution is 2.39. The smallest absolute Gasteiger partial charge is 0.136 e. The maximum atomic E-state index is 4.71. The van der Waals surface area contributed by atoms with Crippen LogP contribution in [0.2, 0.25) is 0 Å². The molecule has 2 aromatic rings. The molecule has 0 aromatic carbocycles. The summed E-state index contributed by atoms with van der Waals surface area (Å²) < 4.78 is 1.14. The molecule has 1 N–H and O–H groups in total. The third kappa shape index (κ3) is 3.12. The number of thiophene rings is 1. The maximum Gasteiger partial charge on any atom is 0.136 e. The Morgan fingerprint density at radius 2 is 2.20 bits per heavy atom. The number of hydrogen-bond donors (Lipinski definition) is 1. The van der Waals surface area contributed by atoms with Crippen molar-refractivity contribution in [3.05, 3.63) is 32.7 Å². The van der Waals surface area contributed by atoms with E-state index in [4.69, 9.17) is 4.98 Å². The Balaban J connectivity index is 1.82. The van der Waals surface area contributed by atoms with Gasteiger partial charge in [0.05, 0.1) is 6.54 Å². The normalized spacial score (nSPS) is 14.3. The van der Waals surface area contributed by atoms with Crippen LogP contribution >= 0.6 is 27.3 Å². The number of halogens is 1. The number of rotatable bonds is 5. The highest BCUT2D eigenvalue weighted by molar-refractivity contribution is 9.10. The molecule has 0 radical (unpaired) electrons. The van der Waals surface area contributed by atoms with Gasteiger partial charge >= 0.3 is 0 Å². The fourth-order valence-corrected chi connectivity index (χ4v) is 3.56. The lowest BCUT2D eigenvalue weighted by Crippen LogP contribution is -2.18. The van der Waals surface area contributed by atoms with E-state index >= 15 is 0 Å². The molecule has 1 fully saturated rings. The first-order valence-electron chi connectivity index (χ1n) is 6.66. The van der Waals surface area contributed by atoms with Gasteiger partial charge in [-0.15, -0.1) is 11.3 Å². The average Bonchev–Trinajstić information content (AvgIpc) is 3.22. The Kier molecular flexibility index (Phi) is 3.94. The Hall–Kier alpha value is -1.14. The molecular weight excluding hydrogens is 336 g/mol. The lowest BCUT2D eigenvalue weighted by Gasteiger charge is -2.18. The van der Waals surface area contributed by atoms with Crippen LogP contribution in [0.4, 0.5) is 11.6 Å². The van der Waals surface area contributed by atoms with E-state index in [1.807, 2.05) is 13.1 Å². The molecule has 0 aliphatic heterocycles. The van der Waals surface area contributed by atoms with Gasteiger partial charge in [0.25, 0.3) is 0 Å². The van der Waals surface area contributed by atoms with E-state index in [-0.39, 0.29) is 0 Å². The molecule has 3 rings (SSSR count). The fraction of sp³-hybridized carbons (Fsp3) is 0.429. The molecule has 1 aliphatic rings. The molecule has 6 heteroatoms. The molecule has 1 aliphatic carbocycles. The van der Waals surface area contributed by atoms with E-state index in [1.54, 1.807) is 11.3 Å². The van der Waals surface area contributed by atoms with Gasteiger partial charge in [0, 0.05) is 40.8 Å².